The van der Waals surface area contributed by atoms with E-state index in [-0.39, 0.29) is 22.7 Å². The van der Waals surface area contributed by atoms with Crippen molar-refractivity contribution in [2.75, 3.05) is 7.11 Å². The van der Waals surface area contributed by atoms with Crippen molar-refractivity contribution in [3.8, 4) is 5.75 Å². The normalized spacial score (nSPS) is 37.5. The molecule has 2 heteroatoms. The molecule has 1 aromatic rings. The number of allylic oxidation sites excluding steroid dienone is 2. The molecular formula is C21H26O2. The molecule has 3 aliphatic carbocycles. The maximum absolute atomic E-state index is 12.8. The summed E-state index contributed by atoms with van der Waals surface area (Å²) < 4.78 is 5.27. The van der Waals surface area contributed by atoms with Crippen molar-refractivity contribution in [3.63, 3.8) is 0 Å². The van der Waals surface area contributed by atoms with Crippen molar-refractivity contribution < 1.29 is 9.53 Å². The summed E-state index contributed by atoms with van der Waals surface area (Å²) in [5.41, 5.74) is 3.14. The number of Topliss-reactive ketones (excluding diaryl/α,β-unsaturated/α-hetero) is 1. The van der Waals surface area contributed by atoms with Gasteiger partial charge >= 0.3 is 0 Å². The van der Waals surface area contributed by atoms with Crippen LogP contribution in [-0.2, 0) is 4.79 Å². The molecule has 0 aromatic heterocycles. The van der Waals surface area contributed by atoms with Crippen molar-refractivity contribution in [2.24, 2.45) is 22.7 Å². The summed E-state index contributed by atoms with van der Waals surface area (Å²) in [7, 11) is 1.69. The third-order valence-electron chi connectivity index (χ3n) is 6.76. The average Bonchev–Trinajstić information content (AvgIpc) is 2.51. The molecule has 0 saturated heterocycles. The van der Waals surface area contributed by atoms with Gasteiger partial charge in [0, 0.05) is 17.8 Å². The Bertz CT molecular complexity index is 682. The molecule has 2 saturated carbocycles. The first kappa shape index (κ1) is 15.0. The number of rotatable bonds is 2. The van der Waals surface area contributed by atoms with Gasteiger partial charge in [0.1, 0.15) is 11.5 Å². The highest BCUT2D eigenvalue weighted by Gasteiger charge is 2.63. The van der Waals surface area contributed by atoms with Gasteiger partial charge in [0.25, 0.3) is 0 Å². The third kappa shape index (κ3) is 1.90. The molecule has 2 nitrogen and oxygen atoms in total. The first-order valence-electron chi connectivity index (χ1n) is 8.79. The molecule has 2 bridgehead atoms. The summed E-state index contributed by atoms with van der Waals surface area (Å²) >= 11 is 0. The molecule has 0 N–H and O–H groups in total. The topological polar surface area (TPSA) is 26.3 Å². The molecular weight excluding hydrogens is 284 g/mol. The second kappa shape index (κ2) is 4.72. The lowest BCUT2D eigenvalue weighted by Crippen LogP contribution is -2.59. The summed E-state index contributed by atoms with van der Waals surface area (Å²) in [4.78, 5) is 12.8. The van der Waals surface area contributed by atoms with E-state index in [0.717, 1.165) is 12.2 Å². The van der Waals surface area contributed by atoms with Crippen LogP contribution in [0.2, 0.25) is 0 Å². The highest BCUT2D eigenvalue weighted by Crippen LogP contribution is 2.67. The molecule has 1 aromatic carbocycles. The lowest BCUT2D eigenvalue weighted by molar-refractivity contribution is -0.145. The van der Waals surface area contributed by atoms with Crippen LogP contribution in [0.25, 0.3) is 0 Å². The van der Waals surface area contributed by atoms with Gasteiger partial charge < -0.3 is 4.74 Å². The molecule has 0 aliphatic heterocycles. The number of methoxy groups -OCH3 is 1. The molecule has 0 radical (unpaired) electrons. The van der Waals surface area contributed by atoms with E-state index >= 15 is 0 Å². The van der Waals surface area contributed by atoms with Crippen LogP contribution in [0.1, 0.15) is 51.5 Å². The lowest BCUT2D eigenvalue weighted by Gasteiger charge is -2.61. The Kier molecular flexibility index (Phi) is 3.07. The van der Waals surface area contributed by atoms with Crippen LogP contribution in [0.4, 0.5) is 0 Å². The van der Waals surface area contributed by atoms with E-state index in [0.29, 0.717) is 11.7 Å². The Morgan fingerprint density at radius 3 is 2.43 bits per heavy atom. The zero-order valence-corrected chi connectivity index (χ0v) is 14.6. The number of ketones is 1. The van der Waals surface area contributed by atoms with Crippen LogP contribution < -0.4 is 4.74 Å². The molecule has 0 unspecified atom stereocenters. The monoisotopic (exact) mass is 310 g/mol. The molecule has 3 aliphatic rings. The van der Waals surface area contributed by atoms with Crippen LogP contribution in [0.15, 0.2) is 35.9 Å². The first-order chi connectivity index (χ1) is 10.9. The Labute approximate surface area is 138 Å². The van der Waals surface area contributed by atoms with Gasteiger partial charge in [-0.25, -0.2) is 0 Å². The fourth-order valence-corrected chi connectivity index (χ4v) is 5.63. The number of hydrogen-bond acceptors (Lipinski definition) is 2. The number of fused-ring (bicyclic) bond motifs is 4. The summed E-state index contributed by atoms with van der Waals surface area (Å²) in [6.45, 7) is 7.05. The standard InChI is InChI=1S/C21H26O2/c1-20(2)10-5-11-21(3)16(20)12-15-17(18(21)19(15)22)13-6-8-14(23-4)9-7-13/h6-9,12,15,17-18H,5,10-11H2,1-4H3/t15-,17-,18+,21-/m0/s1. The number of hydrogen-bond donors (Lipinski definition) is 0. The maximum atomic E-state index is 12.8. The van der Waals surface area contributed by atoms with Crippen LogP contribution in [0.5, 0.6) is 5.75 Å². The van der Waals surface area contributed by atoms with Gasteiger partial charge in [-0.1, -0.05) is 51.0 Å². The summed E-state index contributed by atoms with van der Waals surface area (Å²) in [5, 5.41) is 0. The smallest absolute Gasteiger partial charge is 0.144 e. The predicted octanol–water partition coefficient (Wildman–Crippen LogP) is 4.75. The summed E-state index contributed by atoms with van der Waals surface area (Å²) in [6.07, 6.45) is 5.97. The van der Waals surface area contributed by atoms with Gasteiger partial charge in [0.15, 0.2) is 0 Å². The Balaban J connectivity index is 1.76. The van der Waals surface area contributed by atoms with Crippen molar-refractivity contribution >= 4 is 5.78 Å². The molecule has 0 heterocycles. The van der Waals surface area contributed by atoms with Crippen LogP contribution >= 0.6 is 0 Å². The minimum atomic E-state index is 0.0537. The zero-order chi connectivity index (χ0) is 16.4. The van der Waals surface area contributed by atoms with E-state index in [1.54, 1.807) is 12.7 Å². The first-order valence-corrected chi connectivity index (χ1v) is 8.79. The average molecular weight is 310 g/mol. The molecule has 23 heavy (non-hydrogen) atoms. The fraction of sp³-hybridized carbons (Fsp3) is 0.571. The van der Waals surface area contributed by atoms with Crippen molar-refractivity contribution in [1.82, 2.24) is 0 Å². The Morgan fingerprint density at radius 2 is 1.78 bits per heavy atom. The molecule has 2 fully saturated rings. The summed E-state index contributed by atoms with van der Waals surface area (Å²) in [5.74, 6) is 1.96. The highest BCUT2D eigenvalue weighted by molar-refractivity contribution is 5.96. The van der Waals surface area contributed by atoms with E-state index < -0.39 is 0 Å². The number of ether oxygens (including phenoxy) is 1. The molecule has 122 valence electrons. The number of carbonyl (C=O) groups excluding carboxylic acids is 1. The minimum Gasteiger partial charge on any atom is -0.497 e. The van der Waals surface area contributed by atoms with E-state index in [9.17, 15) is 4.79 Å². The molecule has 4 atom stereocenters. The molecule has 4 rings (SSSR count). The quantitative estimate of drug-likeness (QED) is 0.737. The lowest BCUT2D eigenvalue weighted by atomic mass is 9.41. The fourth-order valence-electron chi connectivity index (χ4n) is 5.63. The largest absolute Gasteiger partial charge is 0.497 e. The maximum Gasteiger partial charge on any atom is 0.144 e. The Hall–Kier alpha value is -1.57. The summed E-state index contributed by atoms with van der Waals surface area (Å²) in [6, 6.07) is 8.33. The second-order valence-corrected chi connectivity index (χ2v) is 8.44. The van der Waals surface area contributed by atoms with Crippen molar-refractivity contribution in [1.29, 1.82) is 0 Å². The van der Waals surface area contributed by atoms with Gasteiger partial charge in [0.2, 0.25) is 0 Å². The SMILES string of the molecule is COc1ccc([C@H]2[C@@H]3C=C4C(C)(C)CCC[C@]4(C)[C@H]2C3=O)cc1. The number of carbonyl (C=O) groups is 1. The van der Waals surface area contributed by atoms with Crippen LogP contribution in [0, 0.1) is 22.7 Å². The van der Waals surface area contributed by atoms with Crippen LogP contribution in [0.3, 0.4) is 0 Å². The molecule has 0 amide bonds. The minimum absolute atomic E-state index is 0.0537. The van der Waals surface area contributed by atoms with E-state index in [4.69, 9.17) is 4.74 Å². The van der Waals surface area contributed by atoms with Gasteiger partial charge in [-0.05, 0) is 41.4 Å². The van der Waals surface area contributed by atoms with Gasteiger partial charge in [-0.3, -0.25) is 4.79 Å². The van der Waals surface area contributed by atoms with Gasteiger partial charge in [0.05, 0.1) is 7.11 Å². The van der Waals surface area contributed by atoms with E-state index in [1.807, 2.05) is 12.1 Å². The number of benzene rings is 1. The molecule has 0 spiro atoms. The third-order valence-corrected chi connectivity index (χ3v) is 6.76. The van der Waals surface area contributed by atoms with Crippen molar-refractivity contribution in [2.45, 2.75) is 46.0 Å². The predicted molar refractivity (Wildman–Crippen MR) is 91.5 cm³/mol. The highest BCUT2D eigenvalue weighted by atomic mass is 16.5. The van der Waals surface area contributed by atoms with Gasteiger partial charge in [-0.2, -0.15) is 0 Å². The van der Waals surface area contributed by atoms with Gasteiger partial charge in [-0.15, -0.1) is 0 Å². The second-order valence-electron chi connectivity index (χ2n) is 8.44. The van der Waals surface area contributed by atoms with E-state index in [1.165, 1.54) is 18.4 Å². The zero-order valence-electron chi connectivity index (χ0n) is 14.6. The van der Waals surface area contributed by atoms with Crippen molar-refractivity contribution in [3.05, 3.63) is 41.5 Å². The Morgan fingerprint density at radius 1 is 1.09 bits per heavy atom. The van der Waals surface area contributed by atoms with Crippen LogP contribution in [-0.4, -0.2) is 12.9 Å². The van der Waals surface area contributed by atoms with E-state index in [2.05, 4.69) is 39.0 Å².